The largest absolute Gasteiger partial charge is 0.393 e. The Morgan fingerprint density at radius 1 is 0.854 bits per heavy atom. The lowest BCUT2D eigenvalue weighted by Gasteiger charge is -2.52. The minimum Gasteiger partial charge on any atom is -0.393 e. The Morgan fingerprint density at radius 3 is 1.98 bits per heavy atom. The molecule has 1 aromatic carbocycles. The summed E-state index contributed by atoms with van der Waals surface area (Å²) in [4.78, 5) is 34.3. The van der Waals surface area contributed by atoms with Crippen LogP contribution in [0.3, 0.4) is 0 Å². The number of hydrogen-bond donors (Lipinski definition) is 2. The summed E-state index contributed by atoms with van der Waals surface area (Å²) in [5, 5.41) is 13.0. The van der Waals surface area contributed by atoms with Crippen molar-refractivity contribution in [1.29, 1.82) is 0 Å². The molecule has 2 N–H and O–H groups in total. The van der Waals surface area contributed by atoms with Gasteiger partial charge < -0.3 is 15.3 Å². The third-order valence-electron chi connectivity index (χ3n) is 9.91. The van der Waals surface area contributed by atoms with Crippen molar-refractivity contribution in [3.05, 3.63) is 35.4 Å². The van der Waals surface area contributed by atoms with E-state index in [4.69, 9.17) is 0 Å². The SMILES string of the molecule is CCCCN1C(=O)[C@H](CC2CCCCC2)NC(=O)C12CCN(Cc1ccc(CN3CCC(O)CC3)cc1)CC2.Cl.Cl. The van der Waals surface area contributed by atoms with Crippen LogP contribution in [0.25, 0.3) is 0 Å². The Bertz CT molecular complexity index is 956. The zero-order valence-corrected chi connectivity index (χ0v) is 26.5. The molecule has 1 aliphatic carbocycles. The Kier molecular flexibility index (Phi) is 13.2. The van der Waals surface area contributed by atoms with Crippen molar-refractivity contribution in [2.24, 2.45) is 5.92 Å². The normalized spacial score (nSPS) is 24.5. The van der Waals surface area contributed by atoms with E-state index < -0.39 is 5.54 Å². The first-order valence-electron chi connectivity index (χ1n) is 15.8. The van der Waals surface area contributed by atoms with Gasteiger partial charge in [0.25, 0.3) is 0 Å². The highest BCUT2D eigenvalue weighted by Gasteiger charge is 2.53. The van der Waals surface area contributed by atoms with Crippen molar-refractivity contribution in [3.8, 4) is 0 Å². The number of nitrogens with zero attached hydrogens (tertiary/aromatic N) is 3. The van der Waals surface area contributed by atoms with Gasteiger partial charge in [-0.3, -0.25) is 19.4 Å². The third kappa shape index (κ3) is 8.38. The van der Waals surface area contributed by atoms with Gasteiger partial charge in [0.1, 0.15) is 11.6 Å². The van der Waals surface area contributed by atoms with Gasteiger partial charge in [-0.1, -0.05) is 69.7 Å². The molecule has 1 aromatic rings. The molecule has 3 heterocycles. The Morgan fingerprint density at radius 2 is 1.41 bits per heavy atom. The van der Waals surface area contributed by atoms with Gasteiger partial charge in [0.05, 0.1) is 6.10 Å². The predicted octanol–water partition coefficient (Wildman–Crippen LogP) is 4.92. The molecule has 0 bridgehead atoms. The van der Waals surface area contributed by atoms with E-state index in [2.05, 4.69) is 46.3 Å². The number of unbranched alkanes of at least 4 members (excludes halogenated alkanes) is 1. The van der Waals surface area contributed by atoms with Gasteiger partial charge in [0.2, 0.25) is 11.8 Å². The quantitative estimate of drug-likeness (QED) is 0.415. The number of hydrogen-bond acceptors (Lipinski definition) is 5. The Labute approximate surface area is 259 Å². The van der Waals surface area contributed by atoms with E-state index in [1.165, 1.54) is 43.2 Å². The molecule has 2 amide bonds. The summed E-state index contributed by atoms with van der Waals surface area (Å²) in [7, 11) is 0. The van der Waals surface area contributed by atoms with Gasteiger partial charge >= 0.3 is 0 Å². The van der Waals surface area contributed by atoms with Gasteiger partial charge in [-0.15, -0.1) is 24.8 Å². The zero-order valence-electron chi connectivity index (χ0n) is 24.9. The number of aliphatic hydroxyl groups excluding tert-OH is 1. The van der Waals surface area contributed by atoms with Crippen LogP contribution in [-0.4, -0.2) is 82.0 Å². The van der Waals surface area contributed by atoms with Gasteiger partial charge in [0.15, 0.2) is 0 Å². The van der Waals surface area contributed by atoms with E-state index in [0.29, 0.717) is 25.3 Å². The fourth-order valence-corrected chi connectivity index (χ4v) is 7.35. The smallest absolute Gasteiger partial charge is 0.246 e. The summed E-state index contributed by atoms with van der Waals surface area (Å²) in [5.41, 5.74) is 1.93. The fraction of sp³-hybridized carbons (Fsp3) is 0.750. The number of carbonyl (C=O) groups excluding carboxylic acids is 2. The van der Waals surface area contributed by atoms with Crippen molar-refractivity contribution in [2.45, 2.75) is 115 Å². The summed E-state index contributed by atoms with van der Waals surface area (Å²) >= 11 is 0. The lowest BCUT2D eigenvalue weighted by Crippen LogP contribution is -2.73. The summed E-state index contributed by atoms with van der Waals surface area (Å²) < 4.78 is 0. The summed E-state index contributed by atoms with van der Waals surface area (Å²) in [6.45, 7) is 8.25. The molecule has 0 unspecified atom stereocenters. The van der Waals surface area contributed by atoms with Crippen LogP contribution in [0, 0.1) is 5.92 Å². The molecule has 232 valence electrons. The molecule has 1 saturated carbocycles. The molecule has 41 heavy (non-hydrogen) atoms. The maximum atomic E-state index is 13.8. The Balaban J connectivity index is 0.00000231. The van der Waals surface area contributed by atoms with Crippen LogP contribution in [0.5, 0.6) is 0 Å². The van der Waals surface area contributed by atoms with E-state index in [-0.39, 0.29) is 48.8 Å². The lowest BCUT2D eigenvalue weighted by molar-refractivity contribution is -0.162. The van der Waals surface area contributed by atoms with Crippen molar-refractivity contribution in [1.82, 2.24) is 20.0 Å². The highest BCUT2D eigenvalue weighted by Crippen LogP contribution is 2.36. The number of nitrogens with one attached hydrogen (secondary N) is 1. The van der Waals surface area contributed by atoms with Crippen molar-refractivity contribution in [2.75, 3.05) is 32.7 Å². The molecule has 9 heteroatoms. The van der Waals surface area contributed by atoms with Crippen LogP contribution in [0.2, 0.25) is 0 Å². The number of piperazine rings is 1. The highest BCUT2D eigenvalue weighted by atomic mass is 35.5. The number of aliphatic hydroxyl groups is 1. The van der Waals surface area contributed by atoms with E-state index in [9.17, 15) is 14.7 Å². The maximum Gasteiger partial charge on any atom is 0.246 e. The van der Waals surface area contributed by atoms with Crippen LogP contribution >= 0.6 is 24.8 Å². The molecule has 3 aliphatic heterocycles. The second-order valence-electron chi connectivity index (χ2n) is 12.7. The summed E-state index contributed by atoms with van der Waals surface area (Å²) in [6, 6.07) is 8.60. The first kappa shape index (κ1) is 34.1. The number of piperidine rings is 2. The van der Waals surface area contributed by atoms with Gasteiger partial charge in [-0.25, -0.2) is 0 Å². The van der Waals surface area contributed by atoms with E-state index in [1.807, 2.05) is 4.90 Å². The average Bonchev–Trinajstić information content (AvgIpc) is 2.96. The number of carbonyl (C=O) groups is 2. The minimum absolute atomic E-state index is 0. The molecule has 5 rings (SSSR count). The van der Waals surface area contributed by atoms with Crippen molar-refractivity contribution < 1.29 is 14.7 Å². The molecular weight excluding hydrogens is 559 g/mol. The molecule has 0 radical (unpaired) electrons. The average molecular weight is 612 g/mol. The number of rotatable bonds is 9. The van der Waals surface area contributed by atoms with Crippen LogP contribution < -0.4 is 5.32 Å². The molecule has 1 atom stereocenters. The van der Waals surface area contributed by atoms with Gasteiger partial charge in [0, 0.05) is 45.8 Å². The number of halogens is 2. The second kappa shape index (κ2) is 15.9. The molecule has 0 aromatic heterocycles. The molecule has 3 saturated heterocycles. The zero-order chi connectivity index (χ0) is 27.2. The number of benzene rings is 1. The minimum atomic E-state index is -0.683. The van der Waals surface area contributed by atoms with E-state index in [1.54, 1.807) is 0 Å². The molecule has 1 spiro atoms. The Hall–Kier alpha value is -1.38. The number of amides is 2. The second-order valence-corrected chi connectivity index (χ2v) is 12.7. The lowest BCUT2D eigenvalue weighted by atomic mass is 9.79. The predicted molar refractivity (Wildman–Crippen MR) is 168 cm³/mol. The first-order chi connectivity index (χ1) is 19.0. The topological polar surface area (TPSA) is 76.1 Å². The van der Waals surface area contributed by atoms with Crippen molar-refractivity contribution >= 4 is 36.6 Å². The fourth-order valence-electron chi connectivity index (χ4n) is 7.35. The highest BCUT2D eigenvalue weighted by molar-refractivity contribution is 6.00. The monoisotopic (exact) mass is 610 g/mol. The van der Waals surface area contributed by atoms with Crippen LogP contribution in [0.4, 0.5) is 0 Å². The van der Waals surface area contributed by atoms with Gasteiger partial charge in [-0.05, 0) is 55.6 Å². The molecule has 4 fully saturated rings. The number of likely N-dealkylation sites (tertiary alicyclic amines) is 2. The molecular formula is C32H52Cl2N4O3. The summed E-state index contributed by atoms with van der Waals surface area (Å²) in [5.74, 6) is 0.824. The van der Waals surface area contributed by atoms with Crippen LogP contribution in [0.1, 0.15) is 95.1 Å². The van der Waals surface area contributed by atoms with E-state index >= 15 is 0 Å². The van der Waals surface area contributed by atoms with E-state index in [0.717, 1.165) is 71.4 Å². The molecule has 7 nitrogen and oxygen atoms in total. The molecule has 4 aliphatic rings. The van der Waals surface area contributed by atoms with Gasteiger partial charge in [-0.2, -0.15) is 0 Å². The maximum absolute atomic E-state index is 13.8. The summed E-state index contributed by atoms with van der Waals surface area (Å²) in [6.07, 6.45) is 12.0. The first-order valence-corrected chi connectivity index (χ1v) is 15.8. The van der Waals surface area contributed by atoms with Crippen molar-refractivity contribution in [3.63, 3.8) is 0 Å². The van der Waals surface area contributed by atoms with Crippen LogP contribution in [-0.2, 0) is 22.7 Å². The standard InChI is InChI=1S/C32H50N4O3.2ClH/c1-2-3-17-36-30(38)29(22-25-7-5-4-6-8-25)33-31(39)32(36)15-20-35(21-16-32)24-27-11-9-26(10-12-27)23-34-18-13-28(37)14-19-34;;/h9-12,25,28-29,37H,2-8,13-24H2,1H3,(H,33,39);2*1H/t29-;;/m0../s1. The third-order valence-corrected chi connectivity index (χ3v) is 9.91. The van der Waals surface area contributed by atoms with Crippen LogP contribution in [0.15, 0.2) is 24.3 Å².